The highest BCUT2D eigenvalue weighted by Crippen LogP contribution is 2.24. The summed E-state index contributed by atoms with van der Waals surface area (Å²) in [5.74, 6) is -0.232. The molecule has 0 aliphatic carbocycles. The summed E-state index contributed by atoms with van der Waals surface area (Å²) in [5.41, 5.74) is 1.48. The number of fused-ring (bicyclic) bond motifs is 1. The second kappa shape index (κ2) is 7.53. The molecule has 0 radical (unpaired) electrons. The number of carbonyl (C=O) groups excluding carboxylic acids is 1. The van der Waals surface area contributed by atoms with E-state index in [-0.39, 0.29) is 16.8 Å². The van der Waals surface area contributed by atoms with Crippen molar-refractivity contribution in [3.05, 3.63) is 77.9 Å². The molecular weight excluding hydrogens is 358 g/mol. The average molecular weight is 381 g/mol. The fourth-order valence-corrected chi connectivity index (χ4v) is 4.11. The van der Waals surface area contributed by atoms with Crippen LogP contribution in [-0.4, -0.2) is 19.6 Å². The van der Waals surface area contributed by atoms with Crippen molar-refractivity contribution in [2.45, 2.75) is 37.0 Å². The summed E-state index contributed by atoms with van der Waals surface area (Å²) < 4.78 is 24.4. The highest BCUT2D eigenvalue weighted by atomic mass is 32.2. The Bertz CT molecular complexity index is 1060. The molecule has 0 bridgehead atoms. The number of sulfone groups is 1. The predicted octanol–water partition coefficient (Wildman–Crippen LogP) is 4.51. The normalized spacial score (nSPS) is 12.9. The van der Waals surface area contributed by atoms with E-state index in [4.69, 9.17) is 0 Å². The van der Waals surface area contributed by atoms with Crippen LogP contribution in [-0.2, 0) is 9.84 Å². The monoisotopic (exact) mass is 381 g/mol. The number of rotatable bonds is 5. The van der Waals surface area contributed by atoms with Crippen LogP contribution in [0.1, 0.15) is 42.7 Å². The van der Waals surface area contributed by atoms with E-state index in [9.17, 15) is 13.2 Å². The topological polar surface area (TPSA) is 63.2 Å². The Balaban J connectivity index is 1.81. The van der Waals surface area contributed by atoms with E-state index in [2.05, 4.69) is 5.32 Å². The smallest absolute Gasteiger partial charge is 0.251 e. The first-order chi connectivity index (χ1) is 12.8. The van der Waals surface area contributed by atoms with Crippen LogP contribution in [0, 0.1) is 0 Å². The van der Waals surface area contributed by atoms with Gasteiger partial charge in [-0.2, -0.15) is 0 Å². The Hall–Kier alpha value is -2.66. The van der Waals surface area contributed by atoms with E-state index in [1.807, 2.05) is 49.4 Å². The first-order valence-electron chi connectivity index (χ1n) is 8.93. The van der Waals surface area contributed by atoms with Crippen molar-refractivity contribution in [1.82, 2.24) is 5.32 Å². The summed E-state index contributed by atoms with van der Waals surface area (Å²) in [4.78, 5) is 12.8. The number of hydrogen-bond acceptors (Lipinski definition) is 3. The van der Waals surface area contributed by atoms with Gasteiger partial charge in [0.2, 0.25) is 0 Å². The van der Waals surface area contributed by atoms with Gasteiger partial charge in [0.15, 0.2) is 9.84 Å². The van der Waals surface area contributed by atoms with Crippen LogP contribution < -0.4 is 5.32 Å². The van der Waals surface area contributed by atoms with Gasteiger partial charge in [0, 0.05) is 5.56 Å². The summed E-state index contributed by atoms with van der Waals surface area (Å²) in [7, 11) is -3.34. The van der Waals surface area contributed by atoms with Crippen molar-refractivity contribution in [1.29, 1.82) is 0 Å². The summed E-state index contributed by atoms with van der Waals surface area (Å²) in [6.07, 6.45) is 0. The van der Waals surface area contributed by atoms with Gasteiger partial charge in [-0.05, 0) is 61.4 Å². The molecule has 1 N–H and O–H groups in total. The van der Waals surface area contributed by atoms with Gasteiger partial charge >= 0.3 is 0 Å². The number of amides is 1. The first kappa shape index (κ1) is 19.1. The van der Waals surface area contributed by atoms with Gasteiger partial charge in [0.05, 0.1) is 16.2 Å². The molecule has 0 heterocycles. The molecule has 3 rings (SSSR count). The lowest BCUT2D eigenvalue weighted by atomic mass is 9.99. The zero-order chi connectivity index (χ0) is 19.6. The Labute approximate surface area is 160 Å². The van der Waals surface area contributed by atoms with Crippen molar-refractivity contribution in [2.24, 2.45) is 0 Å². The molecule has 140 valence electrons. The fraction of sp³-hybridized carbons (Fsp3) is 0.227. The Kier molecular flexibility index (Phi) is 5.33. The maximum atomic E-state index is 12.6. The standard InChI is InChI=1S/C22H23NO3S/c1-15(2)27(25,26)19-13-11-18(12-14-19)22(24)23-16(3)20-10-6-8-17-7-4-5-9-21(17)20/h4-16H,1-3H3,(H,23,24). The van der Waals surface area contributed by atoms with Crippen molar-refractivity contribution in [3.63, 3.8) is 0 Å². The van der Waals surface area contributed by atoms with Gasteiger partial charge in [-0.3, -0.25) is 4.79 Å². The van der Waals surface area contributed by atoms with Crippen LogP contribution in [0.2, 0.25) is 0 Å². The molecule has 1 atom stereocenters. The fourth-order valence-electron chi connectivity index (χ4n) is 3.05. The van der Waals surface area contributed by atoms with Crippen LogP contribution in [0.15, 0.2) is 71.6 Å². The largest absolute Gasteiger partial charge is 0.345 e. The second-order valence-corrected chi connectivity index (χ2v) is 9.39. The minimum atomic E-state index is -3.34. The molecule has 0 aliphatic rings. The molecule has 0 aromatic heterocycles. The molecule has 27 heavy (non-hydrogen) atoms. The van der Waals surface area contributed by atoms with Gasteiger partial charge in [-0.15, -0.1) is 0 Å². The third kappa shape index (κ3) is 3.88. The SMILES string of the molecule is CC(NC(=O)c1ccc(S(=O)(=O)C(C)C)cc1)c1cccc2ccccc12. The lowest BCUT2D eigenvalue weighted by Gasteiger charge is -2.17. The van der Waals surface area contributed by atoms with Crippen molar-refractivity contribution in [3.8, 4) is 0 Å². The number of carbonyl (C=O) groups is 1. The minimum Gasteiger partial charge on any atom is -0.345 e. The number of hydrogen-bond donors (Lipinski definition) is 1. The summed E-state index contributed by atoms with van der Waals surface area (Å²) in [6.45, 7) is 5.22. The lowest BCUT2D eigenvalue weighted by molar-refractivity contribution is 0.0940. The van der Waals surface area contributed by atoms with Gasteiger partial charge in [-0.25, -0.2) is 8.42 Å². The van der Waals surface area contributed by atoms with E-state index < -0.39 is 15.1 Å². The first-order valence-corrected chi connectivity index (χ1v) is 10.5. The average Bonchev–Trinajstić information content (AvgIpc) is 2.67. The Morgan fingerprint density at radius 2 is 1.48 bits per heavy atom. The zero-order valence-corrected chi connectivity index (χ0v) is 16.5. The third-order valence-corrected chi connectivity index (χ3v) is 6.87. The minimum absolute atomic E-state index is 0.178. The third-order valence-electron chi connectivity index (χ3n) is 4.70. The number of benzene rings is 3. The predicted molar refractivity (Wildman–Crippen MR) is 109 cm³/mol. The summed E-state index contributed by atoms with van der Waals surface area (Å²) >= 11 is 0. The molecule has 0 aliphatic heterocycles. The summed E-state index contributed by atoms with van der Waals surface area (Å²) in [5, 5.41) is 4.73. The van der Waals surface area contributed by atoms with Crippen molar-refractivity contribution < 1.29 is 13.2 Å². The highest BCUT2D eigenvalue weighted by Gasteiger charge is 2.20. The Morgan fingerprint density at radius 3 is 2.15 bits per heavy atom. The molecule has 0 saturated heterocycles. The van der Waals surface area contributed by atoms with Crippen LogP contribution >= 0.6 is 0 Å². The van der Waals surface area contributed by atoms with Gasteiger partial charge in [-0.1, -0.05) is 42.5 Å². The van der Waals surface area contributed by atoms with E-state index >= 15 is 0 Å². The van der Waals surface area contributed by atoms with Crippen molar-refractivity contribution in [2.75, 3.05) is 0 Å². The van der Waals surface area contributed by atoms with Gasteiger partial charge in [0.1, 0.15) is 0 Å². The molecule has 5 heteroatoms. The quantitative estimate of drug-likeness (QED) is 0.707. The van der Waals surface area contributed by atoms with Crippen LogP contribution in [0.4, 0.5) is 0 Å². The van der Waals surface area contributed by atoms with Gasteiger partial charge in [0.25, 0.3) is 5.91 Å². The maximum absolute atomic E-state index is 12.6. The second-order valence-electron chi connectivity index (χ2n) is 6.88. The molecule has 3 aromatic rings. The van der Waals surface area contributed by atoms with Gasteiger partial charge < -0.3 is 5.32 Å². The van der Waals surface area contributed by atoms with E-state index in [1.165, 1.54) is 12.1 Å². The van der Waals surface area contributed by atoms with Crippen LogP contribution in [0.5, 0.6) is 0 Å². The lowest BCUT2D eigenvalue weighted by Crippen LogP contribution is -2.26. The van der Waals surface area contributed by atoms with E-state index in [1.54, 1.807) is 26.0 Å². The van der Waals surface area contributed by atoms with Crippen molar-refractivity contribution >= 4 is 26.5 Å². The molecule has 3 aromatic carbocycles. The maximum Gasteiger partial charge on any atom is 0.251 e. The zero-order valence-electron chi connectivity index (χ0n) is 15.6. The molecule has 0 saturated carbocycles. The van der Waals surface area contributed by atoms with Crippen LogP contribution in [0.25, 0.3) is 10.8 Å². The van der Waals surface area contributed by atoms with E-state index in [0.717, 1.165) is 16.3 Å². The molecular formula is C22H23NO3S. The van der Waals surface area contributed by atoms with E-state index in [0.29, 0.717) is 5.56 Å². The molecule has 0 fully saturated rings. The molecule has 4 nitrogen and oxygen atoms in total. The molecule has 1 amide bonds. The number of nitrogens with one attached hydrogen (secondary N) is 1. The van der Waals surface area contributed by atoms with Crippen LogP contribution in [0.3, 0.4) is 0 Å². The summed E-state index contributed by atoms with van der Waals surface area (Å²) in [6, 6.07) is 20.0. The Morgan fingerprint density at radius 1 is 0.852 bits per heavy atom. The highest BCUT2D eigenvalue weighted by molar-refractivity contribution is 7.92. The molecule has 0 spiro atoms. The molecule has 1 unspecified atom stereocenters.